The van der Waals surface area contributed by atoms with Gasteiger partial charge in [0.25, 0.3) is 0 Å². The Bertz CT molecular complexity index is 513. The van der Waals surface area contributed by atoms with Crippen molar-refractivity contribution in [2.24, 2.45) is 0 Å². The topological polar surface area (TPSA) is 33.5 Å². The molecule has 0 radical (unpaired) electrons. The predicted octanol–water partition coefficient (Wildman–Crippen LogP) is 1.68. The zero-order chi connectivity index (χ0) is 15.6. The molecule has 2 saturated carbocycles. The lowest BCUT2D eigenvalue weighted by atomic mass is 9.80. The van der Waals surface area contributed by atoms with Gasteiger partial charge in [0.05, 0.1) is 26.1 Å². The number of carbonyl (C=O) groups is 1. The van der Waals surface area contributed by atoms with E-state index in [1.165, 1.54) is 42.6 Å². The van der Waals surface area contributed by atoms with Crippen molar-refractivity contribution in [3.63, 3.8) is 0 Å². The fraction of sp³-hybridized carbons (Fsp3) is 0.632. The molecule has 0 saturated heterocycles. The standard InChI is InChI=1S/C19H28N2O/c1-21(2)18(11-7-4-8-12-18)15-20-17(22)19(13-14-19)16-9-5-3-6-10-16/h3,5-6,9-10H,4,7-8,11-15H2,1-2H3,(H,20,22)/p+1. The second kappa shape index (κ2) is 6.04. The summed E-state index contributed by atoms with van der Waals surface area (Å²) in [4.78, 5) is 14.3. The first-order valence-electron chi connectivity index (χ1n) is 8.74. The van der Waals surface area contributed by atoms with Crippen LogP contribution in [-0.4, -0.2) is 32.1 Å². The molecule has 120 valence electrons. The molecular formula is C19H29N2O+. The fourth-order valence-corrected chi connectivity index (χ4v) is 4.03. The van der Waals surface area contributed by atoms with Gasteiger partial charge in [0, 0.05) is 12.8 Å². The number of carbonyl (C=O) groups excluding carboxylic acids is 1. The third kappa shape index (κ3) is 2.79. The smallest absolute Gasteiger partial charge is 0.230 e. The molecule has 2 aliphatic rings. The van der Waals surface area contributed by atoms with Crippen LogP contribution in [0.2, 0.25) is 0 Å². The normalized spacial score (nSPS) is 22.3. The number of likely N-dealkylation sites (N-methyl/N-ethyl adjacent to an activating group) is 1. The molecule has 0 unspecified atom stereocenters. The molecule has 0 atom stereocenters. The van der Waals surface area contributed by atoms with Gasteiger partial charge in [0.2, 0.25) is 5.91 Å². The monoisotopic (exact) mass is 301 g/mol. The Balaban J connectivity index is 1.67. The lowest BCUT2D eigenvalue weighted by Gasteiger charge is -2.40. The summed E-state index contributed by atoms with van der Waals surface area (Å²) in [6.45, 7) is 0.822. The van der Waals surface area contributed by atoms with E-state index in [-0.39, 0.29) is 16.9 Å². The van der Waals surface area contributed by atoms with E-state index in [4.69, 9.17) is 0 Å². The molecule has 0 bridgehead atoms. The average Bonchev–Trinajstić information content (AvgIpc) is 3.36. The minimum absolute atomic E-state index is 0.237. The van der Waals surface area contributed by atoms with Crippen LogP contribution in [0.4, 0.5) is 0 Å². The fourth-order valence-electron chi connectivity index (χ4n) is 4.03. The first-order chi connectivity index (χ1) is 10.6. The Morgan fingerprint density at radius 3 is 2.23 bits per heavy atom. The summed E-state index contributed by atoms with van der Waals surface area (Å²) in [6, 6.07) is 10.3. The van der Waals surface area contributed by atoms with Crippen molar-refractivity contribution in [1.29, 1.82) is 0 Å². The summed E-state index contributed by atoms with van der Waals surface area (Å²) in [5, 5.41) is 3.32. The minimum atomic E-state index is -0.237. The molecule has 3 nitrogen and oxygen atoms in total. The summed E-state index contributed by atoms with van der Waals surface area (Å²) < 4.78 is 0. The third-order valence-corrected chi connectivity index (χ3v) is 5.97. The SMILES string of the molecule is C[NH+](C)C1(CNC(=O)C2(c3ccccc3)CC2)CCCCC1. The van der Waals surface area contributed by atoms with Crippen molar-refractivity contribution in [1.82, 2.24) is 5.32 Å². The van der Waals surface area contributed by atoms with Crippen LogP contribution in [0.15, 0.2) is 30.3 Å². The molecule has 3 rings (SSSR count). The summed E-state index contributed by atoms with van der Waals surface area (Å²) >= 11 is 0. The van der Waals surface area contributed by atoms with Crippen LogP contribution in [0.1, 0.15) is 50.5 Å². The largest absolute Gasteiger partial charge is 0.349 e. The van der Waals surface area contributed by atoms with E-state index in [0.29, 0.717) is 0 Å². The van der Waals surface area contributed by atoms with Gasteiger partial charge < -0.3 is 10.2 Å². The molecule has 3 heteroatoms. The van der Waals surface area contributed by atoms with Gasteiger partial charge in [-0.05, 0) is 31.2 Å². The Kier molecular flexibility index (Phi) is 4.26. The Morgan fingerprint density at radius 1 is 1.05 bits per heavy atom. The van der Waals surface area contributed by atoms with Crippen molar-refractivity contribution < 1.29 is 9.69 Å². The maximum atomic E-state index is 12.8. The number of amides is 1. The third-order valence-electron chi connectivity index (χ3n) is 5.97. The predicted molar refractivity (Wildman–Crippen MR) is 89.0 cm³/mol. The van der Waals surface area contributed by atoms with Gasteiger partial charge in [-0.2, -0.15) is 0 Å². The number of nitrogens with one attached hydrogen (secondary N) is 2. The highest BCUT2D eigenvalue weighted by molar-refractivity contribution is 5.91. The summed E-state index contributed by atoms with van der Waals surface area (Å²) in [6.07, 6.45) is 8.38. The molecule has 0 aromatic heterocycles. The zero-order valence-corrected chi connectivity index (χ0v) is 14.0. The van der Waals surface area contributed by atoms with Crippen LogP contribution in [0.3, 0.4) is 0 Å². The highest BCUT2D eigenvalue weighted by Crippen LogP contribution is 2.48. The Hall–Kier alpha value is -1.35. The second-order valence-corrected chi connectivity index (χ2v) is 7.47. The van der Waals surface area contributed by atoms with Gasteiger partial charge in [0.1, 0.15) is 5.54 Å². The average molecular weight is 301 g/mol. The summed E-state index contributed by atoms with van der Waals surface area (Å²) in [5.41, 5.74) is 1.18. The van der Waals surface area contributed by atoms with Crippen LogP contribution in [0, 0.1) is 0 Å². The lowest BCUT2D eigenvalue weighted by molar-refractivity contribution is -0.916. The van der Waals surface area contributed by atoms with Crippen LogP contribution < -0.4 is 10.2 Å². The number of hydrogen-bond acceptors (Lipinski definition) is 1. The quantitative estimate of drug-likeness (QED) is 0.852. The van der Waals surface area contributed by atoms with Crippen LogP contribution in [0.25, 0.3) is 0 Å². The van der Waals surface area contributed by atoms with E-state index in [1.807, 2.05) is 18.2 Å². The van der Waals surface area contributed by atoms with E-state index in [2.05, 4.69) is 31.5 Å². The molecule has 1 aromatic rings. The molecule has 1 amide bonds. The van der Waals surface area contributed by atoms with Gasteiger partial charge >= 0.3 is 0 Å². The second-order valence-electron chi connectivity index (χ2n) is 7.47. The minimum Gasteiger partial charge on any atom is -0.349 e. The molecular weight excluding hydrogens is 272 g/mol. The van der Waals surface area contributed by atoms with Gasteiger partial charge in [-0.3, -0.25) is 4.79 Å². The number of benzene rings is 1. The van der Waals surface area contributed by atoms with Gasteiger partial charge in [0.15, 0.2) is 0 Å². The Morgan fingerprint density at radius 2 is 1.68 bits per heavy atom. The van der Waals surface area contributed by atoms with Gasteiger partial charge in [-0.25, -0.2) is 0 Å². The zero-order valence-electron chi connectivity index (χ0n) is 14.0. The molecule has 2 fully saturated rings. The molecule has 2 aliphatic carbocycles. The maximum absolute atomic E-state index is 12.8. The van der Waals surface area contributed by atoms with E-state index in [0.717, 1.165) is 19.4 Å². The van der Waals surface area contributed by atoms with Crippen molar-refractivity contribution in [3.05, 3.63) is 35.9 Å². The van der Waals surface area contributed by atoms with E-state index >= 15 is 0 Å². The number of quaternary nitrogens is 1. The molecule has 0 aliphatic heterocycles. The lowest BCUT2D eigenvalue weighted by Crippen LogP contribution is -3.16. The highest BCUT2D eigenvalue weighted by atomic mass is 16.2. The Labute approximate surface area is 134 Å². The molecule has 0 spiro atoms. The van der Waals surface area contributed by atoms with Crippen LogP contribution in [0.5, 0.6) is 0 Å². The summed E-state index contributed by atoms with van der Waals surface area (Å²) in [7, 11) is 4.48. The van der Waals surface area contributed by atoms with E-state index < -0.39 is 0 Å². The van der Waals surface area contributed by atoms with Gasteiger partial charge in [-0.15, -0.1) is 0 Å². The molecule has 0 heterocycles. The highest BCUT2D eigenvalue weighted by Gasteiger charge is 2.51. The van der Waals surface area contributed by atoms with E-state index in [9.17, 15) is 4.79 Å². The van der Waals surface area contributed by atoms with Crippen molar-refractivity contribution in [2.45, 2.75) is 55.9 Å². The first kappa shape index (κ1) is 15.5. The van der Waals surface area contributed by atoms with Crippen LogP contribution in [-0.2, 0) is 10.2 Å². The van der Waals surface area contributed by atoms with Crippen molar-refractivity contribution >= 4 is 5.91 Å². The van der Waals surface area contributed by atoms with Crippen molar-refractivity contribution in [3.8, 4) is 0 Å². The maximum Gasteiger partial charge on any atom is 0.230 e. The molecule has 22 heavy (non-hydrogen) atoms. The van der Waals surface area contributed by atoms with Crippen molar-refractivity contribution in [2.75, 3.05) is 20.6 Å². The van der Waals surface area contributed by atoms with Gasteiger partial charge in [-0.1, -0.05) is 36.8 Å². The van der Waals surface area contributed by atoms with E-state index in [1.54, 1.807) is 0 Å². The summed E-state index contributed by atoms with van der Waals surface area (Å²) in [5.74, 6) is 0.241. The molecule has 2 N–H and O–H groups in total. The number of hydrogen-bond donors (Lipinski definition) is 2. The number of rotatable bonds is 5. The molecule has 1 aromatic carbocycles. The van der Waals surface area contributed by atoms with Crippen LogP contribution >= 0.6 is 0 Å². The first-order valence-corrected chi connectivity index (χ1v) is 8.74.